The van der Waals surface area contributed by atoms with Crippen molar-refractivity contribution in [3.8, 4) is 10.6 Å². The van der Waals surface area contributed by atoms with Crippen LogP contribution in [0, 0.1) is 12.8 Å². The minimum atomic E-state index is -1.24. The molecule has 2 N–H and O–H groups in total. The van der Waals surface area contributed by atoms with Gasteiger partial charge < -0.3 is 19.9 Å². The Morgan fingerprint density at radius 3 is 2.74 bits per heavy atom. The van der Waals surface area contributed by atoms with Crippen molar-refractivity contribution in [2.45, 2.75) is 69.6 Å². The van der Waals surface area contributed by atoms with E-state index in [1.165, 1.54) is 0 Å². The van der Waals surface area contributed by atoms with Crippen molar-refractivity contribution in [1.82, 2.24) is 15.0 Å². The number of aromatic nitrogens is 3. The van der Waals surface area contributed by atoms with Crippen molar-refractivity contribution in [3.05, 3.63) is 29.6 Å². The molecule has 10 heteroatoms. The van der Waals surface area contributed by atoms with E-state index in [2.05, 4.69) is 17.2 Å². The van der Waals surface area contributed by atoms with Crippen LogP contribution in [0.4, 0.5) is 5.82 Å². The zero-order chi connectivity index (χ0) is 24.2. The molecule has 1 aliphatic heterocycles. The summed E-state index contributed by atoms with van der Waals surface area (Å²) < 4.78 is 26.0. The van der Waals surface area contributed by atoms with Crippen molar-refractivity contribution in [2.24, 2.45) is 5.92 Å². The molecule has 34 heavy (non-hydrogen) atoms. The topological polar surface area (TPSA) is 106 Å². The number of nitrogens with one attached hydrogen (secondary N) is 1. The predicted molar refractivity (Wildman–Crippen MR) is 134 cm³/mol. The number of rotatable bonds is 6. The highest BCUT2D eigenvalue weighted by Gasteiger charge is 2.54. The second-order valence-corrected chi connectivity index (χ2v) is 11.7. The van der Waals surface area contributed by atoms with Crippen LogP contribution in [-0.2, 0) is 26.7 Å². The standard InChI is InChI=1S/C24H30N4O4S2/c1-6-14-12(2)18(22-27-16-10-25-8-7-17(16)33-22)21(28-23(14)34(5)30)26-15-9-13(11-29)19-20(15)32-24(3,4)31-19/h7-8,10,13,15,19-20,29H,6,9,11H2,1-5H3,(H,26,28). The minimum absolute atomic E-state index is 0.0297. The molecule has 1 aliphatic carbocycles. The molecule has 3 aromatic heterocycles. The van der Waals surface area contributed by atoms with Crippen LogP contribution in [0.15, 0.2) is 23.5 Å². The molecule has 5 rings (SSSR count). The third kappa shape index (κ3) is 4.05. The maximum atomic E-state index is 12.6. The summed E-state index contributed by atoms with van der Waals surface area (Å²) in [7, 11) is -1.24. The number of aliphatic hydroxyl groups excluding tert-OH is 1. The predicted octanol–water partition coefficient (Wildman–Crippen LogP) is 3.67. The summed E-state index contributed by atoms with van der Waals surface area (Å²) in [5.41, 5.74) is 3.76. The number of hydrogen-bond acceptors (Lipinski definition) is 9. The van der Waals surface area contributed by atoms with Crippen LogP contribution in [-0.4, -0.2) is 61.2 Å². The van der Waals surface area contributed by atoms with Gasteiger partial charge in [-0.2, -0.15) is 0 Å². The second kappa shape index (κ2) is 8.91. The lowest BCUT2D eigenvalue weighted by Gasteiger charge is -2.25. The molecule has 5 atom stereocenters. The highest BCUT2D eigenvalue weighted by molar-refractivity contribution is 7.84. The molecule has 0 amide bonds. The van der Waals surface area contributed by atoms with Gasteiger partial charge in [0.05, 0.1) is 39.4 Å². The zero-order valence-electron chi connectivity index (χ0n) is 20.0. The molecule has 2 aliphatic rings. The van der Waals surface area contributed by atoms with E-state index in [1.54, 1.807) is 30.0 Å². The number of aliphatic hydroxyl groups is 1. The van der Waals surface area contributed by atoms with Crippen LogP contribution in [0.2, 0.25) is 0 Å². The van der Waals surface area contributed by atoms with Crippen LogP contribution >= 0.6 is 11.3 Å². The van der Waals surface area contributed by atoms with E-state index in [0.29, 0.717) is 17.3 Å². The normalized spacial score (nSPS) is 26.6. The molecule has 8 nitrogen and oxygen atoms in total. The summed E-state index contributed by atoms with van der Waals surface area (Å²) in [6.45, 7) is 7.93. The van der Waals surface area contributed by atoms with Gasteiger partial charge in [0.15, 0.2) is 5.79 Å². The fourth-order valence-electron chi connectivity index (χ4n) is 5.20. The number of anilines is 1. The van der Waals surface area contributed by atoms with Gasteiger partial charge in [0, 0.05) is 25.0 Å². The Morgan fingerprint density at radius 2 is 2.06 bits per heavy atom. The largest absolute Gasteiger partial charge is 0.396 e. The molecule has 0 spiro atoms. The van der Waals surface area contributed by atoms with E-state index in [1.807, 2.05) is 26.8 Å². The molecule has 182 valence electrons. The van der Waals surface area contributed by atoms with Crippen molar-refractivity contribution < 1.29 is 18.8 Å². The van der Waals surface area contributed by atoms with Crippen LogP contribution in [0.5, 0.6) is 0 Å². The van der Waals surface area contributed by atoms with Crippen LogP contribution < -0.4 is 5.32 Å². The fraction of sp³-hybridized carbons (Fsp3) is 0.542. The van der Waals surface area contributed by atoms with Gasteiger partial charge >= 0.3 is 0 Å². The summed E-state index contributed by atoms with van der Waals surface area (Å²) in [5.74, 6) is -0.100. The number of ether oxygens (including phenoxy) is 2. The molecule has 4 heterocycles. The molecular formula is C24H30N4O4S2. The maximum Gasteiger partial charge on any atom is 0.163 e. The average Bonchev–Trinajstić information content (AvgIpc) is 3.44. The summed E-state index contributed by atoms with van der Waals surface area (Å²) in [6.07, 6.45) is 6.19. The molecule has 0 bridgehead atoms. The Balaban J connectivity index is 1.63. The smallest absolute Gasteiger partial charge is 0.163 e. The van der Waals surface area contributed by atoms with E-state index in [0.717, 1.165) is 38.3 Å². The van der Waals surface area contributed by atoms with Crippen molar-refractivity contribution in [3.63, 3.8) is 0 Å². The Hall–Kier alpha value is -1.98. The van der Waals surface area contributed by atoms with E-state index in [4.69, 9.17) is 19.4 Å². The minimum Gasteiger partial charge on any atom is -0.396 e. The van der Waals surface area contributed by atoms with Crippen LogP contribution in [0.25, 0.3) is 20.8 Å². The molecule has 1 saturated carbocycles. The zero-order valence-corrected chi connectivity index (χ0v) is 21.6. The van der Waals surface area contributed by atoms with E-state index in [-0.39, 0.29) is 30.8 Å². The van der Waals surface area contributed by atoms with Crippen molar-refractivity contribution in [2.75, 3.05) is 18.2 Å². The van der Waals surface area contributed by atoms with Gasteiger partial charge in [-0.05, 0) is 50.8 Å². The average molecular weight is 503 g/mol. The molecule has 2 fully saturated rings. The lowest BCUT2D eigenvalue weighted by Crippen LogP contribution is -2.35. The molecule has 0 aromatic carbocycles. The monoisotopic (exact) mass is 502 g/mol. The highest BCUT2D eigenvalue weighted by Crippen LogP contribution is 2.44. The number of pyridine rings is 2. The Labute approximate surface area is 205 Å². The molecule has 0 radical (unpaired) electrons. The number of fused-ring (bicyclic) bond motifs is 2. The quantitative estimate of drug-likeness (QED) is 0.526. The number of hydrogen-bond donors (Lipinski definition) is 2. The molecule has 1 saturated heterocycles. The summed E-state index contributed by atoms with van der Waals surface area (Å²) >= 11 is 1.59. The highest BCUT2D eigenvalue weighted by atomic mass is 32.2. The second-order valence-electron chi connectivity index (χ2n) is 9.41. The van der Waals surface area contributed by atoms with Gasteiger partial charge in [0.25, 0.3) is 0 Å². The third-order valence-electron chi connectivity index (χ3n) is 6.70. The van der Waals surface area contributed by atoms with Gasteiger partial charge in [-0.15, -0.1) is 11.3 Å². The number of nitrogens with zero attached hydrogens (tertiary/aromatic N) is 3. The summed E-state index contributed by atoms with van der Waals surface area (Å²) in [4.78, 5) is 14.0. The molecular weight excluding hydrogens is 472 g/mol. The van der Waals surface area contributed by atoms with Gasteiger partial charge in [0.2, 0.25) is 0 Å². The first-order valence-corrected chi connectivity index (χ1v) is 13.9. The van der Waals surface area contributed by atoms with Crippen molar-refractivity contribution in [1.29, 1.82) is 0 Å². The fourth-order valence-corrected chi connectivity index (χ4v) is 7.10. The van der Waals surface area contributed by atoms with Crippen LogP contribution in [0.3, 0.4) is 0 Å². The van der Waals surface area contributed by atoms with E-state index in [9.17, 15) is 9.32 Å². The first-order chi connectivity index (χ1) is 16.2. The Morgan fingerprint density at radius 1 is 1.29 bits per heavy atom. The molecule has 3 aromatic rings. The summed E-state index contributed by atoms with van der Waals surface area (Å²) in [6, 6.07) is 1.85. The number of thiazole rings is 1. The Bertz CT molecular complexity index is 1230. The maximum absolute atomic E-state index is 12.6. The van der Waals surface area contributed by atoms with Gasteiger partial charge in [0.1, 0.15) is 27.5 Å². The third-order valence-corrected chi connectivity index (χ3v) is 8.64. The Kier molecular flexibility index (Phi) is 6.22. The first kappa shape index (κ1) is 23.7. The first-order valence-electron chi connectivity index (χ1n) is 11.5. The SMILES string of the molecule is CCc1c(S(C)=O)nc(NC2CC(CO)C3OC(C)(C)OC23)c(-c2nc3cnccc3s2)c1C. The summed E-state index contributed by atoms with van der Waals surface area (Å²) in [5, 5.41) is 15.0. The lowest BCUT2D eigenvalue weighted by molar-refractivity contribution is -0.158. The van der Waals surface area contributed by atoms with Gasteiger partial charge in [-0.3, -0.25) is 9.19 Å². The van der Waals surface area contributed by atoms with Gasteiger partial charge in [-0.1, -0.05) is 6.92 Å². The van der Waals surface area contributed by atoms with Crippen LogP contribution in [0.1, 0.15) is 38.3 Å². The van der Waals surface area contributed by atoms with Crippen molar-refractivity contribution >= 4 is 38.2 Å². The lowest BCUT2D eigenvalue weighted by atomic mass is 10.0. The van der Waals surface area contributed by atoms with Gasteiger partial charge in [-0.25, -0.2) is 9.97 Å². The molecule has 5 unspecified atom stereocenters. The van der Waals surface area contributed by atoms with E-state index >= 15 is 0 Å². The van der Waals surface area contributed by atoms with E-state index < -0.39 is 16.6 Å².